The van der Waals surface area contributed by atoms with Gasteiger partial charge in [-0.05, 0) is 50.3 Å². The van der Waals surface area contributed by atoms with Gasteiger partial charge in [-0.3, -0.25) is 4.68 Å². The van der Waals surface area contributed by atoms with Crippen LogP contribution in [0.25, 0.3) is 22.2 Å². The Morgan fingerprint density at radius 3 is 2.50 bits per heavy atom. The normalized spacial score (nSPS) is 24.0. The number of nitrogens with two attached hydrogens (primary N) is 1. The number of nitrogen functional groups attached to an aromatic ring is 1. The zero-order valence-electron chi connectivity index (χ0n) is 18.2. The Morgan fingerprint density at radius 2 is 1.88 bits per heavy atom. The van der Waals surface area contributed by atoms with Gasteiger partial charge in [0.05, 0.1) is 23.0 Å². The van der Waals surface area contributed by atoms with Gasteiger partial charge in [-0.2, -0.15) is 5.10 Å². The van der Waals surface area contributed by atoms with Crippen molar-refractivity contribution in [2.45, 2.75) is 44.5 Å². The first-order valence-corrected chi connectivity index (χ1v) is 11.3. The summed E-state index contributed by atoms with van der Waals surface area (Å²) in [5, 5.41) is 8.78. The van der Waals surface area contributed by atoms with Gasteiger partial charge in [0.15, 0.2) is 17.4 Å². The number of anilines is 1. The van der Waals surface area contributed by atoms with Crippen molar-refractivity contribution in [3.63, 3.8) is 0 Å². The molecule has 3 aromatic rings. The van der Waals surface area contributed by atoms with Crippen LogP contribution >= 0.6 is 0 Å². The lowest BCUT2D eigenvalue weighted by atomic mass is 10.0. The smallest absolute Gasteiger partial charge is 0.402 e. The molecule has 1 unspecified atom stereocenters. The first-order valence-electron chi connectivity index (χ1n) is 11.3. The van der Waals surface area contributed by atoms with E-state index in [4.69, 9.17) is 10.8 Å². The Labute approximate surface area is 191 Å². The molecule has 3 heterocycles. The number of rotatable bonds is 5. The molecule has 3 fully saturated rings. The molecule has 34 heavy (non-hydrogen) atoms. The Balaban J connectivity index is 1.60. The number of nitrogens with zero attached hydrogens (tertiary/aromatic N) is 3. The first-order chi connectivity index (χ1) is 16.2. The zero-order valence-corrected chi connectivity index (χ0v) is 18.2. The molecule has 3 atom stereocenters. The van der Waals surface area contributed by atoms with Crippen LogP contribution in [0.3, 0.4) is 0 Å². The molecular weight excluding hydrogens is 457 g/mol. The van der Waals surface area contributed by atoms with E-state index in [9.17, 15) is 17.6 Å². The summed E-state index contributed by atoms with van der Waals surface area (Å²) in [7, 11) is 0. The minimum absolute atomic E-state index is 0.0193. The fourth-order valence-corrected chi connectivity index (χ4v) is 5.38. The summed E-state index contributed by atoms with van der Waals surface area (Å²) in [5.74, 6) is -2.27. The summed E-state index contributed by atoms with van der Waals surface area (Å²) in [5.41, 5.74) is 6.14. The summed E-state index contributed by atoms with van der Waals surface area (Å²) in [6.45, 7) is 3.59. The quantitative estimate of drug-likeness (QED) is 0.410. The van der Waals surface area contributed by atoms with Crippen molar-refractivity contribution in [3.05, 3.63) is 35.2 Å². The summed E-state index contributed by atoms with van der Waals surface area (Å²) in [4.78, 5) is 4.41. The van der Waals surface area contributed by atoms with E-state index in [-0.39, 0.29) is 23.2 Å². The second-order valence-electron chi connectivity index (χ2n) is 9.30. The number of alkyl halides is 3. The fourth-order valence-electron chi connectivity index (χ4n) is 5.38. The summed E-state index contributed by atoms with van der Waals surface area (Å²) in [6, 6.07) is 1.77. The first kappa shape index (κ1) is 21.6. The number of fused-ring (bicyclic) bond motifs is 2. The molecule has 1 aliphatic heterocycles. The largest absolute Gasteiger partial charge is 0.573 e. The van der Waals surface area contributed by atoms with Crippen LogP contribution in [0, 0.1) is 23.5 Å². The molecule has 0 radical (unpaired) electrons. The van der Waals surface area contributed by atoms with Crippen LogP contribution in [0.1, 0.15) is 43.1 Å². The van der Waals surface area contributed by atoms with Crippen LogP contribution in [-0.4, -0.2) is 34.2 Å². The molecule has 6 nitrogen and oxygen atoms in total. The lowest BCUT2D eigenvalue weighted by molar-refractivity contribution is -0.275. The molecule has 0 bridgehead atoms. The summed E-state index contributed by atoms with van der Waals surface area (Å²) >= 11 is 0. The number of aromatic nitrogens is 3. The number of benzene rings is 1. The number of nitrogens with one attached hydrogen (secondary N) is 1. The second-order valence-corrected chi connectivity index (χ2v) is 9.30. The van der Waals surface area contributed by atoms with Crippen molar-refractivity contribution >= 4 is 16.6 Å². The molecule has 3 aliphatic rings. The lowest BCUT2D eigenvalue weighted by Crippen LogP contribution is -2.19. The van der Waals surface area contributed by atoms with E-state index >= 15 is 4.39 Å². The Bertz CT molecular complexity index is 1310. The Morgan fingerprint density at radius 1 is 1.18 bits per heavy atom. The topological polar surface area (TPSA) is 78.0 Å². The second kappa shape index (κ2) is 7.27. The van der Waals surface area contributed by atoms with Crippen molar-refractivity contribution in [3.8, 4) is 17.0 Å². The van der Waals surface area contributed by atoms with Crippen LogP contribution in [0.5, 0.6) is 5.75 Å². The van der Waals surface area contributed by atoms with Gasteiger partial charge in [0.25, 0.3) is 0 Å². The summed E-state index contributed by atoms with van der Waals surface area (Å²) in [6.07, 6.45) is -3.11. The molecule has 2 saturated carbocycles. The predicted molar refractivity (Wildman–Crippen MR) is 114 cm³/mol. The average Bonchev–Trinajstić information content (AvgIpc) is 3.64. The number of hydrogen-bond acceptors (Lipinski definition) is 5. The van der Waals surface area contributed by atoms with Crippen LogP contribution in [-0.2, 0) is 6.42 Å². The maximum Gasteiger partial charge on any atom is 0.573 e. The maximum absolute atomic E-state index is 16.1. The molecule has 1 aromatic carbocycles. The average molecular weight is 479 g/mol. The van der Waals surface area contributed by atoms with E-state index in [1.54, 1.807) is 4.68 Å². The molecule has 0 amide bonds. The van der Waals surface area contributed by atoms with Gasteiger partial charge < -0.3 is 15.8 Å². The van der Waals surface area contributed by atoms with E-state index in [1.165, 1.54) is 0 Å². The molecule has 3 N–H and O–H groups in total. The van der Waals surface area contributed by atoms with E-state index in [2.05, 4.69) is 15.0 Å². The molecule has 6 rings (SSSR count). The van der Waals surface area contributed by atoms with Crippen molar-refractivity contribution in [2.75, 3.05) is 18.8 Å². The van der Waals surface area contributed by atoms with Crippen molar-refractivity contribution in [2.24, 2.45) is 11.8 Å². The van der Waals surface area contributed by atoms with E-state index < -0.39 is 35.0 Å². The molecule has 180 valence electrons. The van der Waals surface area contributed by atoms with E-state index in [0.717, 1.165) is 37.7 Å². The fraction of sp³-hybridized carbons (Fsp3) is 0.478. The van der Waals surface area contributed by atoms with Gasteiger partial charge >= 0.3 is 6.36 Å². The highest BCUT2D eigenvalue weighted by atomic mass is 19.4. The molecule has 0 spiro atoms. The zero-order chi connectivity index (χ0) is 23.9. The number of halogens is 5. The number of aryl methyl sites for hydroxylation is 1. The molecular formula is C23H22F5N5O. The van der Waals surface area contributed by atoms with Crippen LogP contribution in [0.2, 0.25) is 0 Å². The van der Waals surface area contributed by atoms with E-state index in [0.29, 0.717) is 35.4 Å². The van der Waals surface area contributed by atoms with Gasteiger partial charge in [-0.25, -0.2) is 13.8 Å². The van der Waals surface area contributed by atoms with Gasteiger partial charge in [0.2, 0.25) is 0 Å². The van der Waals surface area contributed by atoms with Gasteiger partial charge in [-0.15, -0.1) is 13.2 Å². The predicted octanol–water partition coefficient (Wildman–Crippen LogP) is 4.69. The van der Waals surface area contributed by atoms with Crippen molar-refractivity contribution in [1.29, 1.82) is 0 Å². The monoisotopic (exact) mass is 479 g/mol. The van der Waals surface area contributed by atoms with E-state index in [1.807, 2.05) is 6.92 Å². The van der Waals surface area contributed by atoms with Gasteiger partial charge in [0.1, 0.15) is 11.2 Å². The highest BCUT2D eigenvalue weighted by Gasteiger charge is 2.56. The summed E-state index contributed by atoms with van der Waals surface area (Å²) < 4.78 is 75.4. The third-order valence-corrected chi connectivity index (χ3v) is 7.06. The van der Waals surface area contributed by atoms with Gasteiger partial charge in [-0.1, -0.05) is 6.92 Å². The van der Waals surface area contributed by atoms with Crippen molar-refractivity contribution in [1.82, 2.24) is 20.1 Å². The molecule has 2 aliphatic carbocycles. The standard InChI is InChI=1S/C23H22F5N5O/c1-2-15-17-20(16-12-7-30-8-13(12)16)32-33(10-3-4-10)21(17)18(25)19(31-15)11-5-9(29)6-14(24)22(11)34-23(26,27)28/h5-6,10,12-13,16,30H,2-4,7-8,29H2,1H3/t12-,13+,16?. The Hall–Kier alpha value is -2.95. The third kappa shape index (κ3) is 3.31. The Kier molecular flexibility index (Phi) is 4.61. The number of hydrogen-bond donors (Lipinski definition) is 2. The number of piperidine rings is 1. The minimum atomic E-state index is -5.18. The SMILES string of the molecule is CCc1nc(-c2cc(N)cc(F)c2OC(F)(F)F)c(F)c2c1c(C1[C@H]3CNC[C@@H]13)nn2C1CC1. The molecule has 1 saturated heterocycles. The van der Waals surface area contributed by atoms with Gasteiger partial charge in [0, 0.05) is 23.1 Å². The van der Waals surface area contributed by atoms with Crippen LogP contribution < -0.4 is 15.8 Å². The van der Waals surface area contributed by atoms with Crippen LogP contribution in [0.15, 0.2) is 12.1 Å². The van der Waals surface area contributed by atoms with Crippen LogP contribution in [0.4, 0.5) is 27.6 Å². The number of ether oxygens (including phenoxy) is 1. The highest BCUT2D eigenvalue weighted by Crippen LogP contribution is 2.58. The highest BCUT2D eigenvalue weighted by molar-refractivity contribution is 5.90. The molecule has 11 heteroatoms. The maximum atomic E-state index is 16.1. The van der Waals surface area contributed by atoms with Crippen molar-refractivity contribution < 1.29 is 26.7 Å². The lowest BCUT2D eigenvalue weighted by Gasteiger charge is -2.16. The number of pyridine rings is 1. The molecule has 2 aromatic heterocycles. The third-order valence-electron chi connectivity index (χ3n) is 7.06. The minimum Gasteiger partial charge on any atom is -0.402 e.